The van der Waals surface area contributed by atoms with Crippen molar-refractivity contribution in [3.63, 3.8) is 0 Å². The van der Waals surface area contributed by atoms with Gasteiger partial charge in [0.2, 0.25) is 11.8 Å². The fourth-order valence-electron chi connectivity index (χ4n) is 2.46. The highest BCUT2D eigenvalue weighted by molar-refractivity contribution is 5.93. The first-order chi connectivity index (χ1) is 10.4. The Morgan fingerprint density at radius 1 is 1.45 bits per heavy atom. The van der Waals surface area contributed by atoms with Gasteiger partial charge in [-0.3, -0.25) is 14.5 Å². The molecule has 1 aliphatic heterocycles. The van der Waals surface area contributed by atoms with E-state index in [1.807, 2.05) is 0 Å². The molecule has 1 aliphatic rings. The van der Waals surface area contributed by atoms with Crippen LogP contribution in [-0.2, 0) is 14.4 Å². The number of aliphatic carboxylic acids is 1. The van der Waals surface area contributed by atoms with Crippen LogP contribution in [0.15, 0.2) is 24.3 Å². The van der Waals surface area contributed by atoms with Crippen molar-refractivity contribution in [2.75, 3.05) is 18.7 Å². The average Bonchev–Trinajstić information content (AvgIpc) is 2.85. The second-order valence-corrected chi connectivity index (χ2v) is 5.05. The van der Waals surface area contributed by atoms with E-state index >= 15 is 0 Å². The normalized spacial score (nSPS) is 17.5. The number of likely N-dealkylation sites (tertiary alicyclic amines) is 1. The molecule has 118 valence electrons. The molecular formula is C15H18N2O5. The molecule has 0 radical (unpaired) electrons. The molecule has 2 amide bonds. The smallest absolute Gasteiger partial charge is 0.326 e. The second-order valence-electron chi connectivity index (χ2n) is 5.05. The third-order valence-corrected chi connectivity index (χ3v) is 3.65. The Morgan fingerprint density at radius 2 is 2.18 bits per heavy atom. The molecule has 0 aromatic heterocycles. The largest absolute Gasteiger partial charge is 0.497 e. The van der Waals surface area contributed by atoms with Gasteiger partial charge < -0.3 is 14.7 Å². The number of carboxylic acid groups (broad SMARTS) is 1. The summed E-state index contributed by atoms with van der Waals surface area (Å²) in [5.74, 6) is -1.02. The lowest BCUT2D eigenvalue weighted by molar-refractivity contribution is -0.146. The number of hydrogen-bond acceptors (Lipinski definition) is 4. The summed E-state index contributed by atoms with van der Waals surface area (Å²) in [6.45, 7) is 1.29. The quantitative estimate of drug-likeness (QED) is 0.879. The standard InChI is InChI=1S/C15H18N2O5/c1-10(18)16(11-4-3-5-12(8-11)22-2)9-17-13(15(20)21)6-7-14(17)19/h3-5,8,13H,6-7,9H2,1-2H3,(H,20,21)/t13-/m1/s1. The van der Waals surface area contributed by atoms with Gasteiger partial charge in [0, 0.05) is 25.1 Å². The van der Waals surface area contributed by atoms with E-state index in [1.54, 1.807) is 24.3 Å². The van der Waals surface area contributed by atoms with Crippen molar-refractivity contribution in [1.82, 2.24) is 4.90 Å². The van der Waals surface area contributed by atoms with Gasteiger partial charge in [-0.2, -0.15) is 0 Å². The first-order valence-electron chi connectivity index (χ1n) is 6.88. The lowest BCUT2D eigenvalue weighted by atomic mass is 10.2. The van der Waals surface area contributed by atoms with Gasteiger partial charge in [0.25, 0.3) is 0 Å². The van der Waals surface area contributed by atoms with E-state index < -0.39 is 12.0 Å². The molecule has 1 aromatic carbocycles. The summed E-state index contributed by atoms with van der Waals surface area (Å²) >= 11 is 0. The minimum atomic E-state index is -1.06. The Hall–Kier alpha value is -2.57. The zero-order valence-electron chi connectivity index (χ0n) is 12.5. The molecule has 1 fully saturated rings. The van der Waals surface area contributed by atoms with E-state index in [-0.39, 0.29) is 31.3 Å². The molecule has 1 saturated heterocycles. The predicted octanol–water partition coefficient (Wildman–Crippen LogP) is 1.08. The zero-order chi connectivity index (χ0) is 16.3. The third-order valence-electron chi connectivity index (χ3n) is 3.65. The van der Waals surface area contributed by atoms with Gasteiger partial charge in [0.1, 0.15) is 18.5 Å². The molecule has 1 aromatic rings. The van der Waals surface area contributed by atoms with Crippen molar-refractivity contribution in [1.29, 1.82) is 0 Å². The number of methoxy groups -OCH3 is 1. The molecule has 2 rings (SSSR count). The Bertz CT molecular complexity index is 601. The maximum atomic E-state index is 11.9. The summed E-state index contributed by atoms with van der Waals surface area (Å²) in [7, 11) is 1.52. The molecule has 1 heterocycles. The van der Waals surface area contributed by atoms with Crippen molar-refractivity contribution in [2.45, 2.75) is 25.8 Å². The third kappa shape index (κ3) is 3.19. The average molecular weight is 306 g/mol. The van der Waals surface area contributed by atoms with Gasteiger partial charge in [-0.25, -0.2) is 4.79 Å². The van der Waals surface area contributed by atoms with Gasteiger partial charge in [-0.15, -0.1) is 0 Å². The molecule has 22 heavy (non-hydrogen) atoms. The second kappa shape index (κ2) is 6.46. The van der Waals surface area contributed by atoms with Crippen LogP contribution in [-0.4, -0.2) is 47.6 Å². The molecular weight excluding hydrogens is 288 g/mol. The van der Waals surface area contributed by atoms with Crippen LogP contribution in [0.4, 0.5) is 5.69 Å². The van der Waals surface area contributed by atoms with Crippen LogP contribution in [0.2, 0.25) is 0 Å². The van der Waals surface area contributed by atoms with Crippen molar-refractivity contribution in [2.24, 2.45) is 0 Å². The molecule has 7 heteroatoms. The monoisotopic (exact) mass is 306 g/mol. The lowest BCUT2D eigenvalue weighted by Crippen LogP contribution is -2.47. The minimum Gasteiger partial charge on any atom is -0.497 e. The highest BCUT2D eigenvalue weighted by Crippen LogP contribution is 2.25. The molecule has 0 aliphatic carbocycles. The molecule has 0 bridgehead atoms. The lowest BCUT2D eigenvalue weighted by Gasteiger charge is -2.29. The Balaban J connectivity index is 2.26. The number of hydrogen-bond donors (Lipinski definition) is 1. The summed E-state index contributed by atoms with van der Waals surface area (Å²) in [6.07, 6.45) is 0.443. The van der Waals surface area contributed by atoms with Crippen molar-refractivity contribution in [3.8, 4) is 5.75 Å². The summed E-state index contributed by atoms with van der Waals surface area (Å²) in [4.78, 5) is 37.6. The summed E-state index contributed by atoms with van der Waals surface area (Å²) in [6, 6.07) is 5.95. The minimum absolute atomic E-state index is 0.0850. The molecule has 7 nitrogen and oxygen atoms in total. The number of carbonyl (C=O) groups is 3. The zero-order valence-corrected chi connectivity index (χ0v) is 12.5. The van der Waals surface area contributed by atoms with Crippen molar-refractivity contribution in [3.05, 3.63) is 24.3 Å². The van der Waals surface area contributed by atoms with Crippen molar-refractivity contribution < 1.29 is 24.2 Å². The molecule has 0 spiro atoms. The summed E-state index contributed by atoms with van der Waals surface area (Å²) < 4.78 is 5.12. The topological polar surface area (TPSA) is 87.2 Å². The number of benzene rings is 1. The van der Waals surface area contributed by atoms with Gasteiger partial charge in [-0.05, 0) is 18.6 Å². The Kier molecular flexibility index (Phi) is 4.65. The van der Waals surface area contributed by atoms with Crippen LogP contribution in [0.25, 0.3) is 0 Å². The summed E-state index contributed by atoms with van der Waals surface area (Å²) in [5.41, 5.74) is 0.552. The van der Waals surface area contributed by atoms with Gasteiger partial charge >= 0.3 is 5.97 Å². The van der Waals surface area contributed by atoms with E-state index in [4.69, 9.17) is 4.74 Å². The number of anilines is 1. The fraction of sp³-hybridized carbons (Fsp3) is 0.400. The highest BCUT2D eigenvalue weighted by atomic mass is 16.5. The van der Waals surface area contributed by atoms with Crippen molar-refractivity contribution >= 4 is 23.5 Å². The van der Waals surface area contributed by atoms with Crippen LogP contribution in [0.3, 0.4) is 0 Å². The molecule has 1 atom stereocenters. The van der Waals surface area contributed by atoms with Gasteiger partial charge in [0.05, 0.1) is 7.11 Å². The molecule has 1 N–H and O–H groups in total. The number of amides is 2. The summed E-state index contributed by atoms with van der Waals surface area (Å²) in [5, 5.41) is 9.19. The van der Waals surface area contributed by atoms with E-state index in [0.717, 1.165) is 0 Å². The van der Waals surface area contributed by atoms with E-state index in [1.165, 1.54) is 23.8 Å². The predicted molar refractivity (Wildman–Crippen MR) is 78.5 cm³/mol. The Morgan fingerprint density at radius 3 is 2.77 bits per heavy atom. The highest BCUT2D eigenvalue weighted by Gasteiger charge is 2.37. The maximum Gasteiger partial charge on any atom is 0.326 e. The van der Waals surface area contributed by atoms with Crippen LogP contribution >= 0.6 is 0 Å². The van der Waals surface area contributed by atoms with E-state index in [0.29, 0.717) is 11.4 Å². The fourth-order valence-corrected chi connectivity index (χ4v) is 2.46. The number of rotatable bonds is 5. The number of ether oxygens (including phenoxy) is 1. The Labute approximate surface area is 128 Å². The molecule has 0 saturated carbocycles. The molecule has 0 unspecified atom stereocenters. The van der Waals surface area contributed by atoms with Gasteiger partial charge in [0.15, 0.2) is 0 Å². The van der Waals surface area contributed by atoms with E-state index in [9.17, 15) is 19.5 Å². The first kappa shape index (κ1) is 15.8. The number of carboxylic acids is 1. The van der Waals surface area contributed by atoms with Crippen LogP contribution < -0.4 is 9.64 Å². The van der Waals surface area contributed by atoms with Crippen LogP contribution in [0, 0.1) is 0 Å². The van der Waals surface area contributed by atoms with E-state index in [2.05, 4.69) is 0 Å². The van der Waals surface area contributed by atoms with Crippen LogP contribution in [0.5, 0.6) is 5.75 Å². The number of nitrogens with zero attached hydrogens (tertiary/aromatic N) is 2. The van der Waals surface area contributed by atoms with Crippen LogP contribution in [0.1, 0.15) is 19.8 Å². The SMILES string of the molecule is COc1cccc(N(CN2C(=O)CC[C@@H]2C(=O)O)C(C)=O)c1. The first-order valence-corrected chi connectivity index (χ1v) is 6.88. The maximum absolute atomic E-state index is 11.9. The van der Waals surface area contributed by atoms with Gasteiger partial charge in [-0.1, -0.05) is 6.07 Å². The number of carbonyl (C=O) groups excluding carboxylic acids is 2.